The fraction of sp³-hybridized carbons (Fsp3) is 0.945. The molecule has 17 nitrogen and oxygen atoms in total. The van der Waals surface area contributed by atoms with Gasteiger partial charge in [-0.15, -0.1) is 0 Å². The monoisotopic (exact) mass is 1350 g/mol. The van der Waals surface area contributed by atoms with Crippen molar-refractivity contribution >= 4 is 39.5 Å². The molecule has 19 heteroatoms. The van der Waals surface area contributed by atoms with Crippen molar-refractivity contribution in [3.63, 3.8) is 0 Å². The number of rotatable bonds is 73. The van der Waals surface area contributed by atoms with Gasteiger partial charge in [0.1, 0.15) is 19.3 Å². The van der Waals surface area contributed by atoms with Crippen LogP contribution in [0.2, 0.25) is 0 Å². The van der Waals surface area contributed by atoms with E-state index < -0.39 is 97.5 Å². The summed E-state index contributed by atoms with van der Waals surface area (Å²) in [5.41, 5.74) is 0. The maximum Gasteiger partial charge on any atom is 0.472 e. The predicted molar refractivity (Wildman–Crippen MR) is 372 cm³/mol. The maximum absolute atomic E-state index is 13.1. The minimum atomic E-state index is -4.95. The number of carbonyl (C=O) groups excluding carboxylic acids is 4. The summed E-state index contributed by atoms with van der Waals surface area (Å²) in [6, 6.07) is 0. The van der Waals surface area contributed by atoms with Crippen LogP contribution in [0.1, 0.15) is 381 Å². The van der Waals surface area contributed by atoms with E-state index in [1.165, 1.54) is 199 Å². The molecule has 0 fully saturated rings. The quantitative estimate of drug-likeness (QED) is 0.0222. The van der Waals surface area contributed by atoms with Crippen LogP contribution >= 0.6 is 15.6 Å². The number of esters is 4. The van der Waals surface area contributed by atoms with Crippen molar-refractivity contribution < 1.29 is 80.2 Å². The first-order valence-electron chi connectivity index (χ1n) is 38.1. The Labute approximate surface area is 562 Å². The highest BCUT2D eigenvalue weighted by Crippen LogP contribution is 2.45. The van der Waals surface area contributed by atoms with Gasteiger partial charge < -0.3 is 33.8 Å². The summed E-state index contributed by atoms with van der Waals surface area (Å²) >= 11 is 0. The number of ether oxygens (including phenoxy) is 4. The Morgan fingerprint density at radius 1 is 0.293 bits per heavy atom. The molecule has 0 amide bonds. The van der Waals surface area contributed by atoms with Gasteiger partial charge in [-0.05, 0) is 31.6 Å². The lowest BCUT2D eigenvalue weighted by molar-refractivity contribution is -0.161. The average molecular weight is 1350 g/mol. The largest absolute Gasteiger partial charge is 0.472 e. The summed E-state index contributed by atoms with van der Waals surface area (Å²) in [6.45, 7) is 7.18. The van der Waals surface area contributed by atoms with Crippen LogP contribution in [0.4, 0.5) is 0 Å². The normalized spacial score (nSPS) is 14.0. The third-order valence-electron chi connectivity index (χ3n) is 17.0. The van der Waals surface area contributed by atoms with Crippen LogP contribution in [0.15, 0.2) is 0 Å². The summed E-state index contributed by atoms with van der Waals surface area (Å²) in [6.07, 6.45) is 54.7. The summed E-state index contributed by atoms with van der Waals surface area (Å²) < 4.78 is 68.1. The summed E-state index contributed by atoms with van der Waals surface area (Å²) in [5.74, 6) is -1.33. The molecule has 0 aliphatic carbocycles. The maximum atomic E-state index is 13.1. The van der Waals surface area contributed by atoms with Gasteiger partial charge in [0.2, 0.25) is 0 Å². The molecule has 0 rings (SSSR count). The minimum Gasteiger partial charge on any atom is -0.462 e. The summed E-state index contributed by atoms with van der Waals surface area (Å²) in [5, 5.41) is 10.6. The first kappa shape index (κ1) is 90.1. The number of phosphoric ester groups is 2. The van der Waals surface area contributed by atoms with Crippen LogP contribution in [0, 0.1) is 5.92 Å². The summed E-state index contributed by atoms with van der Waals surface area (Å²) in [7, 11) is -9.89. The Morgan fingerprint density at radius 3 is 0.739 bits per heavy atom. The van der Waals surface area contributed by atoms with Crippen LogP contribution in [-0.4, -0.2) is 96.7 Å². The van der Waals surface area contributed by atoms with Gasteiger partial charge in [-0.1, -0.05) is 330 Å². The van der Waals surface area contributed by atoms with Gasteiger partial charge in [0.15, 0.2) is 12.2 Å². The van der Waals surface area contributed by atoms with Crippen molar-refractivity contribution in [2.45, 2.75) is 400 Å². The second kappa shape index (κ2) is 66.3. The van der Waals surface area contributed by atoms with Gasteiger partial charge >= 0.3 is 39.5 Å². The van der Waals surface area contributed by atoms with Crippen molar-refractivity contribution in [1.29, 1.82) is 0 Å². The van der Waals surface area contributed by atoms with E-state index in [4.69, 9.17) is 37.0 Å². The number of hydrogen-bond acceptors (Lipinski definition) is 15. The topological polar surface area (TPSA) is 237 Å². The molecule has 0 aromatic heterocycles. The molecular weight excluding hydrogens is 1210 g/mol. The molecule has 0 saturated heterocycles. The third kappa shape index (κ3) is 66.7. The van der Waals surface area contributed by atoms with Crippen molar-refractivity contribution in [2.24, 2.45) is 5.92 Å². The minimum absolute atomic E-state index is 0.105. The number of hydrogen-bond donors (Lipinski definition) is 3. The second-order valence-corrected chi connectivity index (χ2v) is 29.7. The molecule has 0 aromatic carbocycles. The van der Waals surface area contributed by atoms with Crippen LogP contribution in [-0.2, 0) is 65.4 Å². The number of phosphoric acid groups is 2. The highest BCUT2D eigenvalue weighted by Gasteiger charge is 2.30. The van der Waals surface area contributed by atoms with Gasteiger partial charge in [0.25, 0.3) is 0 Å². The third-order valence-corrected chi connectivity index (χ3v) is 18.9. The van der Waals surface area contributed by atoms with Gasteiger partial charge in [-0.3, -0.25) is 37.3 Å². The van der Waals surface area contributed by atoms with E-state index >= 15 is 0 Å². The fourth-order valence-electron chi connectivity index (χ4n) is 11.2. The second-order valence-electron chi connectivity index (χ2n) is 26.8. The SMILES string of the molecule is CCCCCCCCCCCCCCCCCCCCCCCC(=O)O[C@H](COC(=O)CCCCCCCCCCCCCCCCC(C)C)COP(=O)(O)OC[C@@H](O)COP(=O)(O)OC[C@@H](COC(=O)CCCCCCC)OC(=O)CCCCCCCCCCC. The lowest BCUT2D eigenvalue weighted by atomic mass is 10.0. The molecule has 0 spiro atoms. The van der Waals surface area contributed by atoms with Crippen LogP contribution in [0.5, 0.6) is 0 Å². The molecule has 3 N–H and O–H groups in total. The highest BCUT2D eigenvalue weighted by molar-refractivity contribution is 7.47. The number of aliphatic hydroxyl groups is 1. The first-order chi connectivity index (χ1) is 44.5. The Hall–Kier alpha value is -1.94. The van der Waals surface area contributed by atoms with Crippen molar-refractivity contribution in [1.82, 2.24) is 0 Å². The molecular formula is C73H142O17P2. The van der Waals surface area contributed by atoms with E-state index in [1.54, 1.807) is 0 Å². The molecule has 2 unspecified atom stereocenters. The van der Waals surface area contributed by atoms with E-state index in [2.05, 4.69) is 34.6 Å². The number of aliphatic hydroxyl groups excluding tert-OH is 1. The molecule has 0 bridgehead atoms. The number of unbranched alkanes of at least 4 members (excludes halogenated alkanes) is 45. The standard InChI is InChI=1S/C73H142O17P2/c1-6-9-12-15-17-19-20-21-22-23-24-25-26-27-28-33-36-40-44-49-54-59-73(78)90-69(63-84-71(76)57-52-47-42-39-35-32-30-29-31-34-38-41-46-50-55-66(4)5)65-88-92(81,82)86-61-67(74)60-85-91(79,80)87-64-68(62-83-70(75)56-51-45-14-11-8-3)89-72(77)58-53-48-43-37-18-16-13-10-7-2/h66-69,74H,6-65H2,1-5H3,(H,79,80)(H,81,82)/t67-,68+,69+/m0/s1. The molecule has 0 aliphatic rings. The van der Waals surface area contributed by atoms with Gasteiger partial charge in [-0.25, -0.2) is 9.13 Å². The lowest BCUT2D eigenvalue weighted by Gasteiger charge is -2.21. The molecule has 0 heterocycles. The van der Waals surface area contributed by atoms with Crippen molar-refractivity contribution in [3.05, 3.63) is 0 Å². The van der Waals surface area contributed by atoms with E-state index in [-0.39, 0.29) is 25.7 Å². The zero-order valence-corrected chi connectivity index (χ0v) is 61.5. The van der Waals surface area contributed by atoms with Gasteiger partial charge in [0, 0.05) is 25.7 Å². The lowest BCUT2D eigenvalue weighted by Crippen LogP contribution is -2.30. The summed E-state index contributed by atoms with van der Waals surface area (Å²) in [4.78, 5) is 72.3. The molecule has 0 saturated carbocycles. The van der Waals surface area contributed by atoms with Crippen LogP contribution in [0.3, 0.4) is 0 Å². The molecule has 546 valence electrons. The Bertz CT molecular complexity index is 1770. The van der Waals surface area contributed by atoms with Crippen molar-refractivity contribution in [2.75, 3.05) is 39.6 Å². The molecule has 0 radical (unpaired) electrons. The Kier molecular flexibility index (Phi) is 64.9. The fourth-order valence-corrected chi connectivity index (χ4v) is 12.8. The number of carbonyl (C=O) groups is 4. The van der Waals surface area contributed by atoms with E-state index in [1.807, 2.05) is 0 Å². The first-order valence-corrected chi connectivity index (χ1v) is 41.1. The van der Waals surface area contributed by atoms with Crippen LogP contribution in [0.25, 0.3) is 0 Å². The Balaban J connectivity index is 5.10. The highest BCUT2D eigenvalue weighted by atomic mass is 31.2. The predicted octanol–water partition coefficient (Wildman–Crippen LogP) is 21.3. The Morgan fingerprint density at radius 2 is 0.500 bits per heavy atom. The van der Waals surface area contributed by atoms with Crippen molar-refractivity contribution in [3.8, 4) is 0 Å². The molecule has 5 atom stereocenters. The van der Waals surface area contributed by atoms with E-state index in [9.17, 15) is 43.2 Å². The molecule has 92 heavy (non-hydrogen) atoms. The zero-order valence-electron chi connectivity index (χ0n) is 59.7. The van der Waals surface area contributed by atoms with E-state index in [0.717, 1.165) is 102 Å². The smallest absolute Gasteiger partial charge is 0.462 e. The molecule has 0 aromatic rings. The average Bonchev–Trinajstić information content (AvgIpc) is 1.36. The van der Waals surface area contributed by atoms with Gasteiger partial charge in [0.05, 0.1) is 26.4 Å². The van der Waals surface area contributed by atoms with Gasteiger partial charge in [-0.2, -0.15) is 0 Å². The zero-order chi connectivity index (χ0) is 67.7. The van der Waals surface area contributed by atoms with E-state index in [0.29, 0.717) is 25.7 Å². The van der Waals surface area contributed by atoms with Crippen LogP contribution < -0.4 is 0 Å². The molecule has 0 aliphatic heterocycles.